The van der Waals surface area contributed by atoms with E-state index >= 15 is 0 Å². The lowest BCUT2D eigenvalue weighted by molar-refractivity contribution is 1.15. The van der Waals surface area contributed by atoms with E-state index in [9.17, 15) is 0 Å². The number of aromatic nitrogens is 1. The molecular weight excluding hydrogens is 228 g/mol. The summed E-state index contributed by atoms with van der Waals surface area (Å²) >= 11 is 1.92. The molecule has 0 aliphatic rings. The zero-order chi connectivity index (χ0) is 11.8. The summed E-state index contributed by atoms with van der Waals surface area (Å²) < 4.78 is 0. The highest BCUT2D eigenvalue weighted by Gasteiger charge is 1.91. The first kappa shape index (κ1) is 12.0. The van der Waals surface area contributed by atoms with Crippen molar-refractivity contribution in [3.05, 3.63) is 59.9 Å². The quantitative estimate of drug-likeness (QED) is 0.612. The average Bonchev–Trinajstić information content (AvgIpc) is 2.88. The van der Waals surface area contributed by atoms with Crippen LogP contribution in [-0.4, -0.2) is 23.5 Å². The van der Waals surface area contributed by atoms with Crippen LogP contribution in [0.4, 0.5) is 0 Å². The molecule has 0 saturated carbocycles. The van der Waals surface area contributed by atoms with Gasteiger partial charge >= 0.3 is 0 Å². The van der Waals surface area contributed by atoms with Gasteiger partial charge in [0, 0.05) is 30.5 Å². The Bertz CT molecular complexity index is 435. The van der Waals surface area contributed by atoms with Gasteiger partial charge in [0.15, 0.2) is 0 Å². The lowest BCUT2D eigenvalue weighted by Gasteiger charge is -1.99. The van der Waals surface area contributed by atoms with Gasteiger partial charge in [-0.1, -0.05) is 30.3 Å². The molecule has 0 unspecified atom stereocenters. The Morgan fingerprint density at radius 3 is 2.76 bits per heavy atom. The first-order valence-electron chi connectivity index (χ1n) is 5.70. The second kappa shape index (κ2) is 6.97. The SMILES string of the molecule is C(=N\CCSCc1ccccc1)/c1ccc[nH]1. The smallest absolute Gasteiger partial charge is 0.0561 e. The van der Waals surface area contributed by atoms with Crippen LogP contribution in [0.3, 0.4) is 0 Å². The van der Waals surface area contributed by atoms with Gasteiger partial charge < -0.3 is 4.98 Å². The molecule has 1 heterocycles. The van der Waals surface area contributed by atoms with E-state index in [0.29, 0.717) is 0 Å². The van der Waals surface area contributed by atoms with Crippen molar-refractivity contribution in [2.75, 3.05) is 12.3 Å². The molecule has 0 aliphatic heterocycles. The molecule has 0 spiro atoms. The molecule has 1 aromatic carbocycles. The summed E-state index contributed by atoms with van der Waals surface area (Å²) in [6, 6.07) is 14.5. The largest absolute Gasteiger partial charge is 0.360 e. The van der Waals surface area contributed by atoms with E-state index in [0.717, 1.165) is 23.7 Å². The third-order valence-electron chi connectivity index (χ3n) is 2.33. The van der Waals surface area contributed by atoms with Crippen molar-refractivity contribution >= 4 is 18.0 Å². The fourth-order valence-electron chi connectivity index (χ4n) is 1.47. The summed E-state index contributed by atoms with van der Waals surface area (Å²) in [4.78, 5) is 7.47. The van der Waals surface area contributed by atoms with Crippen LogP contribution < -0.4 is 0 Å². The number of hydrogen-bond donors (Lipinski definition) is 1. The van der Waals surface area contributed by atoms with Gasteiger partial charge in [0.25, 0.3) is 0 Å². The third kappa shape index (κ3) is 4.49. The molecule has 0 aliphatic carbocycles. The molecule has 2 aromatic rings. The Kier molecular flexibility index (Phi) is 4.91. The molecule has 2 nitrogen and oxygen atoms in total. The highest BCUT2D eigenvalue weighted by atomic mass is 32.2. The van der Waals surface area contributed by atoms with Crippen molar-refractivity contribution in [3.63, 3.8) is 0 Å². The Morgan fingerprint density at radius 2 is 2.00 bits per heavy atom. The highest BCUT2D eigenvalue weighted by molar-refractivity contribution is 7.98. The number of nitrogens with zero attached hydrogens (tertiary/aromatic N) is 1. The summed E-state index contributed by atoms with van der Waals surface area (Å²) in [7, 11) is 0. The van der Waals surface area contributed by atoms with E-state index in [2.05, 4.69) is 40.3 Å². The predicted molar refractivity (Wildman–Crippen MR) is 75.9 cm³/mol. The summed E-state index contributed by atoms with van der Waals surface area (Å²) in [5.41, 5.74) is 2.45. The normalized spacial score (nSPS) is 11.1. The van der Waals surface area contributed by atoms with Crippen molar-refractivity contribution in [1.82, 2.24) is 4.98 Å². The molecule has 0 radical (unpaired) electrons. The zero-order valence-electron chi connectivity index (χ0n) is 9.67. The Labute approximate surface area is 106 Å². The van der Waals surface area contributed by atoms with Crippen LogP contribution in [0, 0.1) is 0 Å². The highest BCUT2D eigenvalue weighted by Crippen LogP contribution is 2.10. The number of thioether (sulfide) groups is 1. The monoisotopic (exact) mass is 244 g/mol. The predicted octanol–water partition coefficient (Wildman–Crippen LogP) is 3.37. The minimum absolute atomic E-state index is 0.872. The first-order valence-corrected chi connectivity index (χ1v) is 6.85. The molecule has 0 amide bonds. The minimum atomic E-state index is 0.872. The van der Waals surface area contributed by atoms with Gasteiger partial charge in [-0.05, 0) is 17.7 Å². The van der Waals surface area contributed by atoms with E-state index in [-0.39, 0.29) is 0 Å². The van der Waals surface area contributed by atoms with Gasteiger partial charge in [-0.15, -0.1) is 0 Å². The van der Waals surface area contributed by atoms with Gasteiger partial charge in [0.1, 0.15) is 0 Å². The van der Waals surface area contributed by atoms with Gasteiger partial charge in [-0.2, -0.15) is 11.8 Å². The molecular formula is C14H16N2S. The molecule has 0 fully saturated rings. The second-order valence-corrected chi connectivity index (χ2v) is 4.80. The van der Waals surface area contributed by atoms with Gasteiger partial charge in [0.05, 0.1) is 5.69 Å². The molecule has 3 heteroatoms. The van der Waals surface area contributed by atoms with E-state index in [4.69, 9.17) is 0 Å². The summed E-state index contributed by atoms with van der Waals surface area (Å²) in [6.07, 6.45) is 3.80. The number of hydrogen-bond acceptors (Lipinski definition) is 2. The molecule has 1 aromatic heterocycles. The molecule has 0 atom stereocenters. The topological polar surface area (TPSA) is 28.1 Å². The van der Waals surface area contributed by atoms with Crippen molar-refractivity contribution in [2.45, 2.75) is 5.75 Å². The maximum Gasteiger partial charge on any atom is 0.0561 e. The summed E-state index contributed by atoms with van der Waals surface area (Å²) in [5.74, 6) is 2.13. The number of rotatable bonds is 6. The molecule has 0 saturated heterocycles. The van der Waals surface area contributed by atoms with E-state index in [1.165, 1.54) is 5.56 Å². The van der Waals surface area contributed by atoms with Crippen molar-refractivity contribution in [1.29, 1.82) is 0 Å². The Hall–Kier alpha value is -1.48. The Morgan fingerprint density at radius 1 is 1.12 bits per heavy atom. The molecule has 88 valence electrons. The fourth-order valence-corrected chi connectivity index (χ4v) is 2.28. The molecule has 0 bridgehead atoms. The maximum absolute atomic E-state index is 4.37. The van der Waals surface area contributed by atoms with Gasteiger partial charge in [-0.3, -0.25) is 4.99 Å². The van der Waals surface area contributed by atoms with Crippen LogP contribution in [0.2, 0.25) is 0 Å². The van der Waals surface area contributed by atoms with E-state index in [1.807, 2.05) is 36.3 Å². The Balaban J connectivity index is 1.61. The fraction of sp³-hybridized carbons (Fsp3) is 0.214. The standard InChI is InChI=1S/C14H16N2S/c1-2-5-13(6-3-1)12-17-10-9-15-11-14-7-4-8-16-14/h1-8,11,16H,9-10,12H2/b15-11+. The zero-order valence-corrected chi connectivity index (χ0v) is 10.5. The van der Waals surface area contributed by atoms with Crippen LogP contribution in [0.15, 0.2) is 53.7 Å². The summed E-state index contributed by atoms with van der Waals surface area (Å²) in [6.45, 7) is 0.872. The van der Waals surface area contributed by atoms with Crippen LogP contribution in [0.1, 0.15) is 11.3 Å². The number of aliphatic imine (C=N–C) groups is 1. The van der Waals surface area contributed by atoms with E-state index in [1.54, 1.807) is 0 Å². The van der Waals surface area contributed by atoms with E-state index < -0.39 is 0 Å². The lowest BCUT2D eigenvalue weighted by atomic mass is 10.2. The number of benzene rings is 1. The lowest BCUT2D eigenvalue weighted by Crippen LogP contribution is -1.89. The van der Waals surface area contributed by atoms with Crippen LogP contribution in [0.5, 0.6) is 0 Å². The first-order chi connectivity index (χ1) is 8.45. The minimum Gasteiger partial charge on any atom is -0.360 e. The van der Waals surface area contributed by atoms with Crippen LogP contribution in [-0.2, 0) is 5.75 Å². The maximum atomic E-state index is 4.37. The van der Waals surface area contributed by atoms with Crippen molar-refractivity contribution in [2.24, 2.45) is 4.99 Å². The second-order valence-electron chi connectivity index (χ2n) is 3.70. The van der Waals surface area contributed by atoms with Crippen molar-refractivity contribution < 1.29 is 0 Å². The van der Waals surface area contributed by atoms with Gasteiger partial charge in [-0.25, -0.2) is 0 Å². The average molecular weight is 244 g/mol. The van der Waals surface area contributed by atoms with Crippen molar-refractivity contribution in [3.8, 4) is 0 Å². The molecule has 17 heavy (non-hydrogen) atoms. The summed E-state index contributed by atoms with van der Waals surface area (Å²) in [5, 5.41) is 0. The molecule has 2 rings (SSSR count). The number of nitrogens with one attached hydrogen (secondary N) is 1. The molecule has 1 N–H and O–H groups in total. The third-order valence-corrected chi connectivity index (χ3v) is 3.34. The van der Waals surface area contributed by atoms with Crippen LogP contribution >= 0.6 is 11.8 Å². The number of H-pyrrole nitrogens is 1. The van der Waals surface area contributed by atoms with Gasteiger partial charge in [0.2, 0.25) is 0 Å². The van der Waals surface area contributed by atoms with Crippen LogP contribution in [0.25, 0.3) is 0 Å². The number of aromatic amines is 1.